The lowest BCUT2D eigenvalue weighted by Gasteiger charge is -2.16. The highest BCUT2D eigenvalue weighted by molar-refractivity contribution is 7.89. The minimum atomic E-state index is -3.51. The quantitative estimate of drug-likeness (QED) is 0.882. The molecule has 23 heavy (non-hydrogen) atoms. The van der Waals surface area contributed by atoms with E-state index in [-0.39, 0.29) is 4.90 Å². The topological polar surface area (TPSA) is 74.8 Å². The van der Waals surface area contributed by atoms with Crippen molar-refractivity contribution < 1.29 is 8.42 Å². The summed E-state index contributed by atoms with van der Waals surface area (Å²) < 4.78 is 27.5. The molecule has 0 aliphatic heterocycles. The number of aromatic amines is 1. The second-order valence-corrected chi connectivity index (χ2v) is 7.92. The van der Waals surface area contributed by atoms with Gasteiger partial charge in [0.05, 0.1) is 11.4 Å². The van der Waals surface area contributed by atoms with Crippen LogP contribution in [0.15, 0.2) is 23.1 Å². The van der Waals surface area contributed by atoms with Crippen LogP contribution < -0.4 is 4.72 Å². The molecule has 0 saturated heterocycles. The Morgan fingerprint density at radius 3 is 2.61 bits per heavy atom. The Bertz CT molecular complexity index is 790. The van der Waals surface area contributed by atoms with Crippen LogP contribution in [0.25, 0.3) is 0 Å². The van der Waals surface area contributed by atoms with Crippen LogP contribution in [0.5, 0.6) is 0 Å². The molecule has 2 N–H and O–H groups in total. The predicted molar refractivity (Wildman–Crippen MR) is 90.0 cm³/mol. The number of fused-ring (bicyclic) bond motifs is 1. The third-order valence-electron chi connectivity index (χ3n) is 4.45. The van der Waals surface area contributed by atoms with Crippen LogP contribution in [0.4, 0.5) is 0 Å². The third kappa shape index (κ3) is 3.48. The van der Waals surface area contributed by atoms with Gasteiger partial charge in [-0.25, -0.2) is 13.1 Å². The van der Waals surface area contributed by atoms with Crippen LogP contribution in [-0.2, 0) is 29.3 Å². The molecule has 0 atom stereocenters. The summed E-state index contributed by atoms with van der Waals surface area (Å²) in [6.07, 6.45) is 5.53. The molecule has 0 spiro atoms. The molecular weight excluding hydrogens is 310 g/mol. The van der Waals surface area contributed by atoms with E-state index in [1.807, 2.05) is 0 Å². The van der Waals surface area contributed by atoms with Gasteiger partial charge in [0, 0.05) is 6.54 Å². The number of hydrogen-bond donors (Lipinski definition) is 2. The summed E-state index contributed by atoms with van der Waals surface area (Å²) in [5.41, 5.74) is 5.14. The van der Waals surface area contributed by atoms with E-state index in [0.717, 1.165) is 6.42 Å². The predicted octanol–water partition coefficient (Wildman–Crippen LogP) is 2.43. The van der Waals surface area contributed by atoms with Crippen molar-refractivity contribution in [3.05, 3.63) is 46.3 Å². The Balaban J connectivity index is 1.65. The van der Waals surface area contributed by atoms with Crippen molar-refractivity contribution in [2.24, 2.45) is 0 Å². The number of sulfonamides is 1. The van der Waals surface area contributed by atoms with E-state index in [9.17, 15) is 8.42 Å². The van der Waals surface area contributed by atoms with Gasteiger partial charge in [-0.1, -0.05) is 18.2 Å². The van der Waals surface area contributed by atoms with Crippen LogP contribution in [-0.4, -0.2) is 25.2 Å². The molecule has 1 heterocycles. The van der Waals surface area contributed by atoms with E-state index >= 15 is 0 Å². The van der Waals surface area contributed by atoms with Gasteiger partial charge in [-0.2, -0.15) is 5.10 Å². The van der Waals surface area contributed by atoms with Crippen molar-refractivity contribution in [2.45, 2.75) is 50.8 Å². The van der Waals surface area contributed by atoms with Crippen molar-refractivity contribution in [1.82, 2.24) is 14.9 Å². The number of hydrogen-bond acceptors (Lipinski definition) is 3. The van der Waals surface area contributed by atoms with E-state index in [2.05, 4.69) is 33.1 Å². The lowest BCUT2D eigenvalue weighted by atomic mass is 9.90. The van der Waals surface area contributed by atoms with Gasteiger partial charge in [0.15, 0.2) is 0 Å². The molecule has 124 valence electrons. The first-order chi connectivity index (χ1) is 11.0. The van der Waals surface area contributed by atoms with Crippen molar-refractivity contribution in [3.8, 4) is 0 Å². The number of nitrogens with zero attached hydrogens (tertiary/aromatic N) is 1. The highest BCUT2D eigenvalue weighted by Gasteiger charge is 2.21. The Morgan fingerprint density at radius 2 is 1.91 bits per heavy atom. The van der Waals surface area contributed by atoms with Gasteiger partial charge >= 0.3 is 0 Å². The molecule has 0 unspecified atom stereocenters. The van der Waals surface area contributed by atoms with Gasteiger partial charge in [0.1, 0.15) is 4.90 Å². The fourth-order valence-electron chi connectivity index (χ4n) is 3.28. The van der Waals surface area contributed by atoms with Crippen LogP contribution in [0, 0.1) is 13.8 Å². The monoisotopic (exact) mass is 333 g/mol. The summed E-state index contributed by atoms with van der Waals surface area (Å²) in [6, 6.07) is 6.55. The van der Waals surface area contributed by atoms with Gasteiger partial charge in [-0.05, 0) is 62.6 Å². The number of aromatic nitrogens is 2. The van der Waals surface area contributed by atoms with Crippen molar-refractivity contribution >= 4 is 10.0 Å². The zero-order chi connectivity index (χ0) is 16.4. The standard InChI is InChI=1S/C17H23N3O2S/c1-12-17(13(2)20-19-12)23(21,22)18-10-9-14-7-8-15-5-3-4-6-16(15)11-14/h7-8,11,18H,3-6,9-10H2,1-2H3,(H,19,20). The highest BCUT2D eigenvalue weighted by atomic mass is 32.2. The maximum Gasteiger partial charge on any atom is 0.244 e. The lowest BCUT2D eigenvalue weighted by molar-refractivity contribution is 0.580. The van der Waals surface area contributed by atoms with Crippen LogP contribution >= 0.6 is 0 Å². The van der Waals surface area contributed by atoms with Crippen LogP contribution in [0.1, 0.15) is 40.9 Å². The molecule has 0 radical (unpaired) electrons. The summed E-state index contributed by atoms with van der Waals surface area (Å²) in [4.78, 5) is 0.267. The van der Waals surface area contributed by atoms with Gasteiger partial charge < -0.3 is 0 Å². The fraction of sp³-hybridized carbons (Fsp3) is 0.471. The van der Waals surface area contributed by atoms with Crippen LogP contribution in [0.2, 0.25) is 0 Å². The number of H-pyrrole nitrogens is 1. The minimum Gasteiger partial charge on any atom is -0.281 e. The first kappa shape index (κ1) is 16.2. The molecule has 1 aromatic carbocycles. The molecule has 1 aliphatic rings. The number of rotatable bonds is 5. The molecule has 6 heteroatoms. The maximum atomic E-state index is 12.4. The fourth-order valence-corrected chi connectivity index (χ4v) is 4.68. The Kier molecular flexibility index (Phi) is 4.55. The maximum absolute atomic E-state index is 12.4. The zero-order valence-corrected chi connectivity index (χ0v) is 14.5. The average molecular weight is 333 g/mol. The first-order valence-corrected chi connectivity index (χ1v) is 9.57. The SMILES string of the molecule is Cc1n[nH]c(C)c1S(=O)(=O)NCCc1ccc2c(c1)CCCC2. The van der Waals surface area contributed by atoms with Gasteiger partial charge in [0.2, 0.25) is 10.0 Å². The summed E-state index contributed by atoms with van der Waals surface area (Å²) in [6.45, 7) is 3.81. The third-order valence-corrected chi connectivity index (χ3v) is 6.17. The Morgan fingerprint density at radius 1 is 1.17 bits per heavy atom. The van der Waals surface area contributed by atoms with Gasteiger partial charge in [-0.3, -0.25) is 5.10 Å². The number of benzene rings is 1. The van der Waals surface area contributed by atoms with Crippen molar-refractivity contribution in [3.63, 3.8) is 0 Å². The average Bonchev–Trinajstić information content (AvgIpc) is 2.86. The summed E-state index contributed by atoms with van der Waals surface area (Å²) >= 11 is 0. The van der Waals surface area contributed by atoms with E-state index in [4.69, 9.17) is 0 Å². The second-order valence-electron chi connectivity index (χ2n) is 6.22. The lowest BCUT2D eigenvalue weighted by Crippen LogP contribution is -2.27. The van der Waals surface area contributed by atoms with E-state index in [0.29, 0.717) is 24.4 Å². The Hall–Kier alpha value is -1.66. The van der Waals surface area contributed by atoms with E-state index in [1.165, 1.54) is 36.0 Å². The zero-order valence-electron chi connectivity index (χ0n) is 13.6. The molecule has 1 aromatic heterocycles. The molecule has 0 saturated carbocycles. The summed E-state index contributed by atoms with van der Waals surface area (Å²) in [5, 5.41) is 6.67. The molecule has 0 fully saturated rings. The normalized spacial score (nSPS) is 14.7. The van der Waals surface area contributed by atoms with Crippen molar-refractivity contribution in [2.75, 3.05) is 6.54 Å². The molecule has 0 bridgehead atoms. The van der Waals surface area contributed by atoms with Crippen molar-refractivity contribution in [1.29, 1.82) is 0 Å². The molecule has 3 rings (SSSR count). The molecule has 0 amide bonds. The van der Waals surface area contributed by atoms with E-state index in [1.54, 1.807) is 13.8 Å². The Labute approximate surface area is 137 Å². The molecule has 2 aromatic rings. The summed E-state index contributed by atoms with van der Waals surface area (Å²) in [7, 11) is -3.51. The number of nitrogens with one attached hydrogen (secondary N) is 2. The van der Waals surface area contributed by atoms with Gasteiger partial charge in [0.25, 0.3) is 0 Å². The molecule has 1 aliphatic carbocycles. The smallest absolute Gasteiger partial charge is 0.244 e. The van der Waals surface area contributed by atoms with Gasteiger partial charge in [-0.15, -0.1) is 0 Å². The molecular formula is C17H23N3O2S. The largest absolute Gasteiger partial charge is 0.281 e. The first-order valence-electron chi connectivity index (χ1n) is 8.09. The van der Waals surface area contributed by atoms with E-state index < -0.39 is 10.0 Å². The van der Waals surface area contributed by atoms with Crippen LogP contribution in [0.3, 0.4) is 0 Å². The number of aryl methyl sites for hydroxylation is 4. The molecule has 5 nitrogen and oxygen atoms in total. The minimum absolute atomic E-state index is 0.267. The highest BCUT2D eigenvalue weighted by Crippen LogP contribution is 2.22. The second kappa shape index (κ2) is 6.45. The summed E-state index contributed by atoms with van der Waals surface area (Å²) in [5.74, 6) is 0.